The van der Waals surface area contributed by atoms with E-state index in [0.717, 1.165) is 28.1 Å². The van der Waals surface area contributed by atoms with Crippen LogP contribution in [0.5, 0.6) is 0 Å². The van der Waals surface area contributed by atoms with Gasteiger partial charge in [0, 0.05) is 27.4 Å². The monoisotopic (exact) mass is 420 g/mol. The van der Waals surface area contributed by atoms with Gasteiger partial charge in [-0.15, -0.1) is 11.3 Å². The van der Waals surface area contributed by atoms with E-state index in [-0.39, 0.29) is 12.1 Å². The summed E-state index contributed by atoms with van der Waals surface area (Å²) < 4.78 is 11.0. The number of carbonyl (C=O) groups is 1. The fraction of sp³-hybridized carbons (Fsp3) is 0.111. The van der Waals surface area contributed by atoms with Crippen LogP contribution < -0.4 is 5.32 Å². The first-order valence-electron chi connectivity index (χ1n) is 8.02. The molecular weight excluding hydrogens is 407 g/mol. The molecule has 0 saturated carbocycles. The molecule has 0 radical (unpaired) electrons. The smallest absolute Gasteiger partial charge is 0.324 e. The van der Waals surface area contributed by atoms with Gasteiger partial charge in [0.05, 0.1) is 11.9 Å². The van der Waals surface area contributed by atoms with E-state index in [9.17, 15) is 9.36 Å². The topological polar surface area (TPSA) is 99.5 Å². The lowest BCUT2D eigenvalue weighted by molar-refractivity contribution is 0.102. The molecule has 1 amide bonds. The van der Waals surface area contributed by atoms with E-state index < -0.39 is 7.60 Å². The maximum absolute atomic E-state index is 12.4. The van der Waals surface area contributed by atoms with Gasteiger partial charge in [-0.05, 0) is 35.4 Å². The molecular formula is C18H14ClN2O4PS. The van der Waals surface area contributed by atoms with Crippen molar-refractivity contribution in [1.82, 2.24) is 4.98 Å². The standard InChI is InChI=1S/C18H14ClN2O4PS/c19-13-5-6-14-12(7-13)8-15-16(14)20-18(27-15)21-17(22)11-3-1-10(2-4-11)9-26(23,24)25/h1-7H,8-9H2,(H,20,21,22)(H2,23,24,25). The Morgan fingerprint density at radius 3 is 2.67 bits per heavy atom. The van der Waals surface area contributed by atoms with E-state index in [4.69, 9.17) is 21.4 Å². The number of halogens is 1. The van der Waals surface area contributed by atoms with Crippen molar-refractivity contribution in [2.24, 2.45) is 0 Å². The number of aromatic nitrogens is 1. The fourth-order valence-electron chi connectivity index (χ4n) is 3.02. The maximum Gasteiger partial charge on any atom is 0.329 e. The summed E-state index contributed by atoms with van der Waals surface area (Å²) in [6.45, 7) is 0. The number of hydrogen-bond acceptors (Lipinski definition) is 4. The number of carbonyl (C=O) groups excluding carboxylic acids is 1. The first kappa shape index (κ1) is 18.3. The van der Waals surface area contributed by atoms with Crippen LogP contribution in [0, 0.1) is 0 Å². The summed E-state index contributed by atoms with van der Waals surface area (Å²) in [5.41, 5.74) is 3.91. The van der Waals surface area contributed by atoms with Gasteiger partial charge in [-0.25, -0.2) is 4.98 Å². The van der Waals surface area contributed by atoms with Gasteiger partial charge in [0.1, 0.15) is 0 Å². The van der Waals surface area contributed by atoms with Crippen LogP contribution in [0.15, 0.2) is 42.5 Å². The number of hydrogen-bond donors (Lipinski definition) is 3. The Kier molecular flexibility index (Phi) is 4.66. The van der Waals surface area contributed by atoms with Gasteiger partial charge >= 0.3 is 7.60 Å². The van der Waals surface area contributed by atoms with E-state index >= 15 is 0 Å². The van der Waals surface area contributed by atoms with Crippen LogP contribution in [-0.2, 0) is 17.1 Å². The number of nitrogens with zero attached hydrogens (tertiary/aromatic N) is 1. The second kappa shape index (κ2) is 6.86. The van der Waals surface area contributed by atoms with Crippen LogP contribution in [0.4, 0.5) is 5.13 Å². The number of benzene rings is 2. The summed E-state index contributed by atoms with van der Waals surface area (Å²) in [7, 11) is -4.13. The molecule has 1 aromatic heterocycles. The second-order valence-corrected chi connectivity index (χ2v) is 9.41. The summed E-state index contributed by atoms with van der Waals surface area (Å²) >= 11 is 7.46. The minimum atomic E-state index is -4.13. The van der Waals surface area contributed by atoms with Gasteiger partial charge in [0.2, 0.25) is 0 Å². The third-order valence-electron chi connectivity index (χ3n) is 4.20. The predicted molar refractivity (Wildman–Crippen MR) is 106 cm³/mol. The van der Waals surface area contributed by atoms with E-state index in [1.54, 1.807) is 12.1 Å². The van der Waals surface area contributed by atoms with Crippen molar-refractivity contribution in [2.45, 2.75) is 12.6 Å². The number of fused-ring (bicyclic) bond motifs is 3. The van der Waals surface area contributed by atoms with E-state index in [1.807, 2.05) is 18.2 Å². The molecule has 1 aliphatic carbocycles. The van der Waals surface area contributed by atoms with E-state index in [2.05, 4.69) is 10.3 Å². The molecule has 138 valence electrons. The van der Waals surface area contributed by atoms with Crippen LogP contribution in [0.25, 0.3) is 11.3 Å². The highest BCUT2D eigenvalue weighted by Crippen LogP contribution is 2.42. The van der Waals surface area contributed by atoms with Gasteiger partial charge < -0.3 is 9.79 Å². The molecule has 3 N–H and O–H groups in total. The fourth-order valence-corrected chi connectivity index (χ4v) is 4.89. The Labute approximate surface area is 164 Å². The Balaban J connectivity index is 1.49. The molecule has 1 heterocycles. The lowest BCUT2D eigenvalue weighted by Gasteiger charge is -2.06. The molecule has 4 rings (SSSR count). The molecule has 27 heavy (non-hydrogen) atoms. The zero-order chi connectivity index (χ0) is 19.2. The van der Waals surface area contributed by atoms with Crippen LogP contribution in [0.3, 0.4) is 0 Å². The van der Waals surface area contributed by atoms with Crippen molar-refractivity contribution in [3.8, 4) is 11.3 Å². The van der Waals surface area contributed by atoms with Gasteiger partial charge in [0.15, 0.2) is 5.13 Å². The van der Waals surface area contributed by atoms with Crippen molar-refractivity contribution in [3.63, 3.8) is 0 Å². The molecule has 6 nitrogen and oxygen atoms in total. The van der Waals surface area contributed by atoms with Crippen LogP contribution in [0.2, 0.25) is 5.02 Å². The maximum atomic E-state index is 12.4. The first-order valence-corrected chi connectivity index (χ1v) is 11.0. The van der Waals surface area contributed by atoms with Crippen molar-refractivity contribution in [3.05, 3.63) is 69.1 Å². The Bertz CT molecular complexity index is 1090. The van der Waals surface area contributed by atoms with Crippen LogP contribution >= 0.6 is 30.5 Å². The molecule has 0 bridgehead atoms. The lowest BCUT2D eigenvalue weighted by atomic mass is 10.1. The summed E-state index contributed by atoms with van der Waals surface area (Å²) in [5.74, 6) is -0.318. The van der Waals surface area contributed by atoms with Crippen molar-refractivity contribution < 1.29 is 19.1 Å². The summed E-state index contributed by atoms with van der Waals surface area (Å²) in [6, 6.07) is 11.9. The quantitative estimate of drug-likeness (QED) is 0.427. The summed E-state index contributed by atoms with van der Waals surface area (Å²) in [5, 5.41) is 4.00. The molecule has 0 aliphatic heterocycles. The highest BCUT2D eigenvalue weighted by Gasteiger charge is 2.24. The van der Waals surface area contributed by atoms with Gasteiger partial charge in [-0.1, -0.05) is 29.8 Å². The highest BCUT2D eigenvalue weighted by molar-refractivity contribution is 7.50. The van der Waals surface area contributed by atoms with Gasteiger partial charge in [-0.3, -0.25) is 14.7 Å². The molecule has 0 atom stereocenters. The van der Waals surface area contributed by atoms with Gasteiger partial charge in [0.25, 0.3) is 5.91 Å². The zero-order valence-electron chi connectivity index (χ0n) is 13.8. The Morgan fingerprint density at radius 2 is 1.96 bits per heavy atom. The molecule has 2 aromatic carbocycles. The number of amides is 1. The molecule has 9 heteroatoms. The van der Waals surface area contributed by atoms with Crippen molar-refractivity contribution in [2.75, 3.05) is 5.32 Å². The Morgan fingerprint density at radius 1 is 1.22 bits per heavy atom. The summed E-state index contributed by atoms with van der Waals surface area (Å²) in [6.07, 6.45) is 0.396. The molecule has 3 aromatic rings. The predicted octanol–water partition coefficient (Wildman–Crippen LogP) is 4.30. The molecule has 0 saturated heterocycles. The summed E-state index contributed by atoms with van der Waals surface area (Å²) in [4.78, 5) is 36.0. The first-order chi connectivity index (χ1) is 12.8. The third-order valence-corrected chi connectivity index (χ3v) is 6.18. The lowest BCUT2D eigenvalue weighted by Crippen LogP contribution is -2.11. The normalized spacial score (nSPS) is 12.6. The molecule has 0 fully saturated rings. The Hall–Kier alpha value is -2.02. The number of rotatable bonds is 4. The highest BCUT2D eigenvalue weighted by atomic mass is 35.5. The molecule has 1 aliphatic rings. The second-order valence-electron chi connectivity index (χ2n) is 6.24. The van der Waals surface area contributed by atoms with Gasteiger partial charge in [-0.2, -0.15) is 0 Å². The SMILES string of the molecule is O=C(Nc1nc2c(s1)Cc1cc(Cl)ccc1-2)c1ccc(CP(=O)(O)O)cc1. The van der Waals surface area contributed by atoms with Crippen molar-refractivity contribution >= 4 is 41.6 Å². The minimum absolute atomic E-state index is 0.318. The number of thiazole rings is 1. The van der Waals surface area contributed by atoms with E-state index in [0.29, 0.717) is 21.3 Å². The van der Waals surface area contributed by atoms with Crippen LogP contribution in [-0.4, -0.2) is 20.7 Å². The average molecular weight is 421 g/mol. The molecule has 0 unspecified atom stereocenters. The largest absolute Gasteiger partial charge is 0.329 e. The van der Waals surface area contributed by atoms with Crippen LogP contribution in [0.1, 0.15) is 26.4 Å². The molecule has 0 spiro atoms. The number of anilines is 1. The van der Waals surface area contributed by atoms with Crippen molar-refractivity contribution in [1.29, 1.82) is 0 Å². The minimum Gasteiger partial charge on any atom is -0.324 e. The number of nitrogens with one attached hydrogen (secondary N) is 1. The third kappa shape index (κ3) is 3.98. The average Bonchev–Trinajstić information content (AvgIpc) is 3.10. The zero-order valence-corrected chi connectivity index (χ0v) is 16.3. The van der Waals surface area contributed by atoms with E-state index in [1.165, 1.54) is 23.5 Å².